The maximum absolute atomic E-state index is 12.6. The van der Waals surface area contributed by atoms with Crippen molar-refractivity contribution < 1.29 is 14.3 Å². The van der Waals surface area contributed by atoms with Gasteiger partial charge in [-0.25, -0.2) is 4.79 Å². The summed E-state index contributed by atoms with van der Waals surface area (Å²) >= 11 is 0. The van der Waals surface area contributed by atoms with Gasteiger partial charge in [0.25, 0.3) is 0 Å². The molecule has 0 saturated heterocycles. The molecule has 1 aromatic rings. The molecule has 0 fully saturated rings. The number of methoxy groups -OCH3 is 1. The second-order valence-corrected chi connectivity index (χ2v) is 7.99. The lowest BCUT2D eigenvalue weighted by molar-refractivity contribution is -0.148. The Kier molecular flexibility index (Phi) is 14.0. The summed E-state index contributed by atoms with van der Waals surface area (Å²) in [6, 6.07) is 9.73. The van der Waals surface area contributed by atoms with Crippen LogP contribution in [0.3, 0.4) is 0 Å². The molecule has 0 saturated carbocycles. The van der Waals surface area contributed by atoms with Gasteiger partial charge in [-0.15, -0.1) is 0 Å². The molecule has 0 heterocycles. The van der Waals surface area contributed by atoms with Crippen molar-refractivity contribution in [2.75, 3.05) is 7.11 Å². The first-order valence-electron chi connectivity index (χ1n) is 11.7. The van der Waals surface area contributed by atoms with Gasteiger partial charge in [0, 0.05) is 0 Å². The first kappa shape index (κ1) is 25.3. The number of benzene rings is 1. The van der Waals surface area contributed by atoms with Crippen LogP contribution in [0.15, 0.2) is 36.1 Å². The summed E-state index contributed by atoms with van der Waals surface area (Å²) in [5, 5.41) is 0. The standard InChI is InChI=1S/C26H42O3/c1-5-8-15-22(7-3)16-13-14-20-24(19-9-6-2)29-26(27)25(28-4)21-23-17-11-10-12-18-23/h10-12,17-18,21-22,24H,5-9,13-16,19-20H2,1-4H3. The molecule has 0 aromatic heterocycles. The summed E-state index contributed by atoms with van der Waals surface area (Å²) in [7, 11) is 1.53. The van der Waals surface area contributed by atoms with Crippen LogP contribution in [0.4, 0.5) is 0 Å². The van der Waals surface area contributed by atoms with Gasteiger partial charge in [-0.05, 0) is 36.8 Å². The van der Waals surface area contributed by atoms with Crippen LogP contribution >= 0.6 is 0 Å². The largest absolute Gasteiger partial charge is 0.490 e. The minimum absolute atomic E-state index is 0.0208. The van der Waals surface area contributed by atoms with Gasteiger partial charge in [-0.1, -0.05) is 102 Å². The summed E-state index contributed by atoms with van der Waals surface area (Å²) in [6.45, 7) is 6.74. The number of carbonyl (C=O) groups excluding carboxylic acids is 1. The molecule has 1 rings (SSSR count). The van der Waals surface area contributed by atoms with E-state index in [1.165, 1.54) is 45.6 Å². The van der Waals surface area contributed by atoms with Crippen molar-refractivity contribution in [3.8, 4) is 0 Å². The molecule has 3 nitrogen and oxygen atoms in total. The first-order valence-corrected chi connectivity index (χ1v) is 11.7. The molecule has 0 bridgehead atoms. The van der Waals surface area contributed by atoms with Gasteiger partial charge in [-0.2, -0.15) is 0 Å². The van der Waals surface area contributed by atoms with E-state index in [1.807, 2.05) is 30.3 Å². The Morgan fingerprint density at radius 1 is 0.897 bits per heavy atom. The number of rotatable bonds is 16. The number of hydrogen-bond acceptors (Lipinski definition) is 3. The van der Waals surface area contributed by atoms with Crippen LogP contribution in [0.5, 0.6) is 0 Å². The average molecular weight is 403 g/mol. The fourth-order valence-electron chi connectivity index (χ4n) is 3.66. The van der Waals surface area contributed by atoms with Crippen LogP contribution in [0.2, 0.25) is 0 Å². The fraction of sp³-hybridized carbons (Fsp3) is 0.654. The molecule has 0 radical (unpaired) electrons. The topological polar surface area (TPSA) is 35.5 Å². The lowest BCUT2D eigenvalue weighted by Crippen LogP contribution is -2.20. The molecule has 0 amide bonds. The van der Waals surface area contributed by atoms with E-state index in [1.54, 1.807) is 6.08 Å². The van der Waals surface area contributed by atoms with E-state index in [9.17, 15) is 4.79 Å². The van der Waals surface area contributed by atoms with E-state index in [0.29, 0.717) is 0 Å². The van der Waals surface area contributed by atoms with E-state index >= 15 is 0 Å². The Balaban J connectivity index is 2.56. The Bertz CT molecular complexity index is 565. The molecule has 0 spiro atoms. The highest BCUT2D eigenvalue weighted by Crippen LogP contribution is 2.22. The third-order valence-corrected chi connectivity index (χ3v) is 5.60. The second-order valence-electron chi connectivity index (χ2n) is 7.99. The van der Waals surface area contributed by atoms with Crippen LogP contribution in [-0.4, -0.2) is 19.2 Å². The van der Waals surface area contributed by atoms with Crippen molar-refractivity contribution in [3.63, 3.8) is 0 Å². The van der Waals surface area contributed by atoms with Gasteiger partial charge in [0.2, 0.25) is 5.76 Å². The number of esters is 1. The van der Waals surface area contributed by atoms with E-state index in [4.69, 9.17) is 9.47 Å². The number of carbonyl (C=O) groups is 1. The van der Waals surface area contributed by atoms with Gasteiger partial charge < -0.3 is 9.47 Å². The quantitative estimate of drug-likeness (QED) is 0.124. The highest BCUT2D eigenvalue weighted by atomic mass is 16.6. The summed E-state index contributed by atoms with van der Waals surface area (Å²) in [4.78, 5) is 12.6. The summed E-state index contributed by atoms with van der Waals surface area (Å²) < 4.78 is 11.2. The van der Waals surface area contributed by atoms with Gasteiger partial charge in [0.1, 0.15) is 6.10 Å². The summed E-state index contributed by atoms with van der Waals surface area (Å²) in [6.07, 6.45) is 14.7. The molecule has 0 aliphatic heterocycles. The van der Waals surface area contributed by atoms with Crippen molar-refractivity contribution >= 4 is 12.0 Å². The SMILES string of the molecule is CCCCC(CC)CCCCC(CCCC)OC(=O)C(=Cc1ccccc1)OC. The minimum Gasteiger partial charge on any atom is -0.490 e. The summed E-state index contributed by atoms with van der Waals surface area (Å²) in [5.41, 5.74) is 0.934. The molecule has 0 N–H and O–H groups in total. The average Bonchev–Trinajstić information content (AvgIpc) is 2.75. The van der Waals surface area contributed by atoms with Gasteiger partial charge >= 0.3 is 5.97 Å². The number of ether oxygens (including phenoxy) is 2. The fourth-order valence-corrected chi connectivity index (χ4v) is 3.66. The second kappa shape index (κ2) is 16.1. The molecule has 2 unspecified atom stereocenters. The molecule has 164 valence electrons. The third-order valence-electron chi connectivity index (χ3n) is 5.60. The zero-order valence-electron chi connectivity index (χ0n) is 19.1. The van der Waals surface area contributed by atoms with Crippen molar-refractivity contribution in [2.24, 2.45) is 5.92 Å². The highest BCUT2D eigenvalue weighted by Gasteiger charge is 2.18. The van der Waals surface area contributed by atoms with Crippen LogP contribution in [0.25, 0.3) is 6.08 Å². The number of unbranched alkanes of at least 4 members (excludes halogenated alkanes) is 3. The molecule has 3 heteroatoms. The lowest BCUT2D eigenvalue weighted by Gasteiger charge is -2.19. The third kappa shape index (κ3) is 11.1. The zero-order valence-corrected chi connectivity index (χ0v) is 19.1. The van der Waals surface area contributed by atoms with Crippen molar-refractivity contribution in [1.82, 2.24) is 0 Å². The Morgan fingerprint density at radius 3 is 2.10 bits per heavy atom. The lowest BCUT2D eigenvalue weighted by atomic mass is 9.92. The van der Waals surface area contributed by atoms with Crippen molar-refractivity contribution in [2.45, 2.75) is 97.5 Å². The molecule has 1 aromatic carbocycles. The predicted octanol–water partition coefficient (Wildman–Crippen LogP) is 7.55. The molecule has 2 atom stereocenters. The molecule has 29 heavy (non-hydrogen) atoms. The van der Waals surface area contributed by atoms with Gasteiger partial charge in [0.05, 0.1) is 7.11 Å². The van der Waals surface area contributed by atoms with Crippen molar-refractivity contribution in [3.05, 3.63) is 41.7 Å². The highest BCUT2D eigenvalue weighted by molar-refractivity contribution is 5.91. The summed E-state index contributed by atoms with van der Waals surface area (Å²) in [5.74, 6) is 0.760. The van der Waals surface area contributed by atoms with Crippen LogP contribution in [0, 0.1) is 5.92 Å². The minimum atomic E-state index is -0.355. The van der Waals surface area contributed by atoms with E-state index in [0.717, 1.165) is 43.6 Å². The van der Waals surface area contributed by atoms with Gasteiger partial charge in [0.15, 0.2) is 0 Å². The Morgan fingerprint density at radius 2 is 1.48 bits per heavy atom. The Hall–Kier alpha value is -1.77. The maximum atomic E-state index is 12.6. The van der Waals surface area contributed by atoms with E-state index in [2.05, 4.69) is 20.8 Å². The van der Waals surface area contributed by atoms with E-state index < -0.39 is 0 Å². The first-order chi connectivity index (χ1) is 14.1. The number of hydrogen-bond donors (Lipinski definition) is 0. The Labute approximate surface area is 178 Å². The van der Waals surface area contributed by atoms with Crippen molar-refractivity contribution in [1.29, 1.82) is 0 Å². The maximum Gasteiger partial charge on any atom is 0.373 e. The zero-order chi connectivity index (χ0) is 21.3. The smallest absolute Gasteiger partial charge is 0.373 e. The van der Waals surface area contributed by atoms with Crippen LogP contribution in [-0.2, 0) is 14.3 Å². The van der Waals surface area contributed by atoms with Gasteiger partial charge in [-0.3, -0.25) is 0 Å². The van der Waals surface area contributed by atoms with Crippen LogP contribution < -0.4 is 0 Å². The molecule has 0 aliphatic carbocycles. The monoisotopic (exact) mass is 402 g/mol. The molecule has 0 aliphatic rings. The molecular weight excluding hydrogens is 360 g/mol. The molecular formula is C26H42O3. The normalized spacial score (nSPS) is 13.7. The van der Waals surface area contributed by atoms with E-state index in [-0.39, 0.29) is 17.8 Å². The predicted molar refractivity (Wildman–Crippen MR) is 123 cm³/mol. The van der Waals surface area contributed by atoms with Crippen LogP contribution in [0.1, 0.15) is 97.0 Å².